The summed E-state index contributed by atoms with van der Waals surface area (Å²) in [6, 6.07) is 8.65. The first-order valence-corrected chi connectivity index (χ1v) is 10.5. The average molecular weight is 493 g/mol. The molecule has 0 unspecified atom stereocenters. The Bertz CT molecular complexity index is 1120. The maximum Gasteiger partial charge on any atom is 0.416 e. The van der Waals surface area contributed by atoms with Crippen LogP contribution in [-0.2, 0) is 22.2 Å². The van der Waals surface area contributed by atoms with Crippen molar-refractivity contribution in [2.45, 2.75) is 43.7 Å². The number of nitrogens with two attached hydrogens (primary N) is 1. The van der Waals surface area contributed by atoms with Gasteiger partial charge < -0.3 is 30.4 Å². The Labute approximate surface area is 200 Å². The van der Waals surface area contributed by atoms with E-state index in [1.54, 1.807) is 31.3 Å². The summed E-state index contributed by atoms with van der Waals surface area (Å²) in [5.41, 5.74) is 4.91. The number of nitrogens with zero attached hydrogens (tertiary/aromatic N) is 2. The molecule has 0 bridgehead atoms. The Morgan fingerprint density at radius 3 is 2.63 bits per heavy atom. The molecule has 0 amide bonds. The van der Waals surface area contributed by atoms with Crippen molar-refractivity contribution in [3.8, 4) is 11.9 Å². The molecule has 0 spiro atoms. The third kappa shape index (κ3) is 5.59. The van der Waals surface area contributed by atoms with Gasteiger partial charge in [0.2, 0.25) is 5.96 Å². The van der Waals surface area contributed by atoms with Crippen molar-refractivity contribution in [3.05, 3.63) is 59.2 Å². The van der Waals surface area contributed by atoms with Gasteiger partial charge in [-0.05, 0) is 42.8 Å². The monoisotopic (exact) mass is 493 g/mol. The van der Waals surface area contributed by atoms with E-state index in [2.05, 4.69) is 15.6 Å². The van der Waals surface area contributed by atoms with Gasteiger partial charge in [0.15, 0.2) is 18.1 Å². The van der Waals surface area contributed by atoms with Crippen LogP contribution in [0, 0.1) is 11.5 Å². The Balaban J connectivity index is 1.96. The molecule has 0 aliphatic carbocycles. The second kappa shape index (κ2) is 10.4. The maximum atomic E-state index is 13.0. The van der Waals surface area contributed by atoms with Gasteiger partial charge in [0.25, 0.3) is 0 Å². The van der Waals surface area contributed by atoms with Crippen molar-refractivity contribution in [1.82, 2.24) is 10.6 Å². The van der Waals surface area contributed by atoms with Crippen LogP contribution in [0.5, 0.6) is 5.75 Å². The number of aliphatic hydroxyl groups excluding tert-OH is 1. The normalized spacial score (nSPS) is 22.2. The molecular weight excluding hydrogens is 467 g/mol. The molecule has 188 valence electrons. The average Bonchev–Trinajstić information content (AvgIpc) is 2.81. The lowest BCUT2D eigenvalue weighted by molar-refractivity contribution is -0.238. The van der Waals surface area contributed by atoms with Crippen LogP contribution in [0.2, 0.25) is 0 Å². The Morgan fingerprint density at radius 2 is 2.00 bits per heavy atom. The van der Waals surface area contributed by atoms with Crippen LogP contribution >= 0.6 is 0 Å². The highest BCUT2D eigenvalue weighted by atomic mass is 19.4. The Hall–Kier alpha value is -3.53. The first kappa shape index (κ1) is 26.1. The van der Waals surface area contributed by atoms with E-state index in [9.17, 15) is 23.5 Å². The minimum atomic E-state index is -4.49. The van der Waals surface area contributed by atoms with Gasteiger partial charge in [-0.25, -0.2) is 4.99 Å². The molecule has 0 fully saturated rings. The third-order valence-electron chi connectivity index (χ3n) is 5.64. The van der Waals surface area contributed by atoms with Gasteiger partial charge in [0, 0.05) is 25.5 Å². The molecule has 1 aliphatic heterocycles. The zero-order valence-electron chi connectivity index (χ0n) is 19.3. The SMILES string of the molecule is COC(OC)[C@@]1(C)Oc2ccc(N)cc2[C@@H](NC(=NCc2cccc(C(F)(F)F)c2)NC#N)[C@@H]1O. The first-order valence-electron chi connectivity index (χ1n) is 10.5. The fourth-order valence-electron chi connectivity index (χ4n) is 3.95. The molecule has 2 aromatic rings. The number of ether oxygens (including phenoxy) is 3. The Morgan fingerprint density at radius 1 is 1.29 bits per heavy atom. The van der Waals surface area contributed by atoms with Gasteiger partial charge in [-0.3, -0.25) is 5.32 Å². The van der Waals surface area contributed by atoms with E-state index in [-0.39, 0.29) is 18.1 Å². The number of rotatable bonds is 6. The van der Waals surface area contributed by atoms with Crippen LogP contribution in [0.15, 0.2) is 47.5 Å². The standard InChI is InChI=1S/C23H26F3N5O4/c1-22(20(33-2)34-3)19(32)18(16-10-15(28)7-8-17(16)35-22)31-21(30-12-27)29-11-13-5-4-6-14(9-13)23(24,25)26/h4-10,18-20,32H,11,28H2,1-3H3,(H2,29,30,31)/t18-,19+,22+/m1/s1. The Kier molecular flexibility index (Phi) is 7.74. The first-order chi connectivity index (χ1) is 16.5. The van der Waals surface area contributed by atoms with Crippen molar-refractivity contribution in [1.29, 1.82) is 5.26 Å². The summed E-state index contributed by atoms with van der Waals surface area (Å²) < 4.78 is 55.8. The summed E-state index contributed by atoms with van der Waals surface area (Å²) >= 11 is 0. The lowest BCUT2D eigenvalue weighted by Crippen LogP contribution is -2.62. The quantitative estimate of drug-likeness (QED) is 0.121. The zero-order valence-corrected chi connectivity index (χ0v) is 19.3. The minimum Gasteiger partial charge on any atom is -0.479 e. The molecule has 12 heteroatoms. The highest BCUT2D eigenvalue weighted by Crippen LogP contribution is 2.43. The van der Waals surface area contributed by atoms with E-state index in [0.29, 0.717) is 17.0 Å². The van der Waals surface area contributed by atoms with Gasteiger partial charge in [-0.15, -0.1) is 0 Å². The minimum absolute atomic E-state index is 0.0713. The fraction of sp³-hybridized carbons (Fsp3) is 0.391. The van der Waals surface area contributed by atoms with E-state index in [4.69, 9.17) is 19.9 Å². The lowest BCUT2D eigenvalue weighted by atomic mass is 9.84. The number of anilines is 1. The number of nitrogen functional groups attached to an aromatic ring is 1. The molecular formula is C23H26F3N5O4. The second-order valence-electron chi connectivity index (χ2n) is 8.05. The molecule has 3 atom stereocenters. The van der Waals surface area contributed by atoms with E-state index >= 15 is 0 Å². The van der Waals surface area contributed by atoms with Crippen molar-refractivity contribution in [2.24, 2.45) is 4.99 Å². The van der Waals surface area contributed by atoms with Crippen LogP contribution in [0.1, 0.15) is 29.7 Å². The topological polar surface area (TPSA) is 134 Å². The molecule has 2 aromatic carbocycles. The summed E-state index contributed by atoms with van der Waals surface area (Å²) in [4.78, 5) is 4.22. The summed E-state index contributed by atoms with van der Waals surface area (Å²) in [6.07, 6.45) is -5.02. The summed E-state index contributed by atoms with van der Waals surface area (Å²) in [6.45, 7) is 1.43. The number of nitrogens with one attached hydrogen (secondary N) is 2. The maximum absolute atomic E-state index is 13.0. The van der Waals surface area contributed by atoms with Crippen molar-refractivity contribution < 1.29 is 32.5 Å². The molecule has 3 rings (SSSR count). The number of methoxy groups -OCH3 is 2. The number of guanidine groups is 1. The molecule has 1 heterocycles. The number of fused-ring (bicyclic) bond motifs is 1. The number of alkyl halides is 3. The number of nitriles is 1. The van der Waals surface area contributed by atoms with Crippen molar-refractivity contribution in [2.75, 3.05) is 20.0 Å². The lowest BCUT2D eigenvalue weighted by Gasteiger charge is -2.46. The molecule has 0 radical (unpaired) electrons. The molecule has 1 aliphatic rings. The van der Waals surface area contributed by atoms with E-state index in [1.165, 1.54) is 26.4 Å². The van der Waals surface area contributed by atoms with Gasteiger partial charge in [0.05, 0.1) is 18.2 Å². The zero-order chi connectivity index (χ0) is 25.8. The molecule has 5 N–H and O–H groups in total. The van der Waals surface area contributed by atoms with Crippen LogP contribution in [0.4, 0.5) is 18.9 Å². The van der Waals surface area contributed by atoms with Gasteiger partial charge in [-0.1, -0.05) is 12.1 Å². The number of benzene rings is 2. The number of halogens is 3. The number of aliphatic imine (C=N–C) groups is 1. The summed E-state index contributed by atoms with van der Waals surface area (Å²) in [7, 11) is 2.80. The van der Waals surface area contributed by atoms with Crippen molar-refractivity contribution in [3.63, 3.8) is 0 Å². The number of hydrogen-bond donors (Lipinski definition) is 4. The molecule has 0 saturated carbocycles. The van der Waals surface area contributed by atoms with Gasteiger partial charge >= 0.3 is 6.18 Å². The van der Waals surface area contributed by atoms with Gasteiger partial charge in [-0.2, -0.15) is 18.4 Å². The van der Waals surface area contributed by atoms with Crippen LogP contribution in [0.3, 0.4) is 0 Å². The van der Waals surface area contributed by atoms with E-state index in [0.717, 1.165) is 12.1 Å². The molecule has 9 nitrogen and oxygen atoms in total. The molecule has 0 aromatic heterocycles. The molecule has 35 heavy (non-hydrogen) atoms. The molecule has 0 saturated heterocycles. The third-order valence-corrected chi connectivity index (χ3v) is 5.64. The van der Waals surface area contributed by atoms with Gasteiger partial charge in [0.1, 0.15) is 11.9 Å². The van der Waals surface area contributed by atoms with Crippen LogP contribution in [-0.4, -0.2) is 43.3 Å². The van der Waals surface area contributed by atoms with Crippen molar-refractivity contribution >= 4 is 11.6 Å². The van der Waals surface area contributed by atoms with E-state index in [1.807, 2.05) is 0 Å². The number of aliphatic hydroxyl groups is 1. The highest BCUT2D eigenvalue weighted by Gasteiger charge is 2.52. The summed E-state index contributed by atoms with van der Waals surface area (Å²) in [5, 5.41) is 25.8. The van der Waals surface area contributed by atoms with E-state index < -0.39 is 35.8 Å². The predicted octanol–water partition coefficient (Wildman–Crippen LogP) is 2.68. The number of hydrogen-bond acceptors (Lipinski definition) is 7. The second-order valence-corrected chi connectivity index (χ2v) is 8.05. The van der Waals surface area contributed by atoms with Crippen LogP contribution < -0.4 is 21.1 Å². The van der Waals surface area contributed by atoms with Crippen LogP contribution in [0.25, 0.3) is 0 Å². The summed E-state index contributed by atoms with van der Waals surface area (Å²) in [5.74, 6) is 0.316. The largest absolute Gasteiger partial charge is 0.479 e. The fourth-order valence-corrected chi connectivity index (χ4v) is 3.95. The predicted molar refractivity (Wildman–Crippen MR) is 121 cm³/mol. The smallest absolute Gasteiger partial charge is 0.416 e. The highest BCUT2D eigenvalue weighted by molar-refractivity contribution is 5.82.